The third kappa shape index (κ3) is 3.97. The molecule has 25 heavy (non-hydrogen) atoms. The van der Waals surface area contributed by atoms with Gasteiger partial charge in [-0.2, -0.15) is 0 Å². The molecule has 7 nitrogen and oxygen atoms in total. The van der Waals surface area contributed by atoms with E-state index in [4.69, 9.17) is 4.52 Å². The fourth-order valence-corrected chi connectivity index (χ4v) is 3.47. The lowest BCUT2D eigenvalue weighted by Crippen LogP contribution is -2.41. The lowest BCUT2D eigenvalue weighted by Gasteiger charge is -2.33. The van der Waals surface area contributed by atoms with Gasteiger partial charge in [0, 0.05) is 38.1 Å². The minimum absolute atomic E-state index is 0.145. The van der Waals surface area contributed by atoms with Crippen molar-refractivity contribution >= 4 is 11.7 Å². The van der Waals surface area contributed by atoms with E-state index in [9.17, 15) is 4.79 Å². The summed E-state index contributed by atoms with van der Waals surface area (Å²) in [7, 11) is 1.85. The van der Waals surface area contributed by atoms with Crippen LogP contribution >= 0.6 is 0 Å². The van der Waals surface area contributed by atoms with Crippen LogP contribution in [-0.2, 0) is 17.6 Å². The van der Waals surface area contributed by atoms with Gasteiger partial charge in [-0.05, 0) is 39.0 Å². The maximum atomic E-state index is 12.7. The van der Waals surface area contributed by atoms with E-state index in [0.29, 0.717) is 12.3 Å². The van der Waals surface area contributed by atoms with Crippen molar-refractivity contribution in [1.29, 1.82) is 0 Å². The van der Waals surface area contributed by atoms with Crippen LogP contribution in [0.1, 0.15) is 35.6 Å². The molecule has 2 aromatic heterocycles. The Labute approximate surface area is 147 Å². The van der Waals surface area contributed by atoms with Crippen LogP contribution in [0.2, 0.25) is 0 Å². The summed E-state index contributed by atoms with van der Waals surface area (Å²) in [6, 6.07) is 0. The highest BCUT2D eigenvalue weighted by Crippen LogP contribution is 2.23. The molecule has 0 radical (unpaired) electrons. The van der Waals surface area contributed by atoms with Crippen LogP contribution in [0.5, 0.6) is 0 Å². The monoisotopic (exact) mass is 343 g/mol. The third-order valence-electron chi connectivity index (χ3n) is 4.87. The predicted octanol–water partition coefficient (Wildman–Crippen LogP) is 2.15. The number of likely N-dealkylation sites (tertiary alicyclic amines) is 1. The van der Waals surface area contributed by atoms with Gasteiger partial charge in [0.25, 0.3) is 0 Å². The second-order valence-corrected chi connectivity index (χ2v) is 6.63. The molecular formula is C18H25N5O2. The Hall–Kier alpha value is -2.44. The van der Waals surface area contributed by atoms with Crippen molar-refractivity contribution in [3.8, 4) is 0 Å². The molecule has 3 rings (SSSR count). The normalized spacial score (nSPS) is 17.6. The zero-order valence-electron chi connectivity index (χ0n) is 15.1. The van der Waals surface area contributed by atoms with Crippen molar-refractivity contribution < 1.29 is 9.32 Å². The van der Waals surface area contributed by atoms with E-state index >= 15 is 0 Å². The maximum absolute atomic E-state index is 12.7. The van der Waals surface area contributed by atoms with Crippen molar-refractivity contribution in [2.45, 2.75) is 39.5 Å². The molecule has 1 aliphatic rings. The molecule has 7 heteroatoms. The van der Waals surface area contributed by atoms with E-state index < -0.39 is 0 Å². The van der Waals surface area contributed by atoms with Crippen LogP contribution in [0.15, 0.2) is 16.9 Å². The smallest absolute Gasteiger partial charge is 0.227 e. The number of nitrogens with one attached hydrogen (secondary N) is 1. The third-order valence-corrected chi connectivity index (χ3v) is 4.87. The molecule has 0 spiro atoms. The Morgan fingerprint density at radius 2 is 2.16 bits per heavy atom. The van der Waals surface area contributed by atoms with Gasteiger partial charge in [0.15, 0.2) is 0 Å². The van der Waals surface area contributed by atoms with Crippen LogP contribution in [0.3, 0.4) is 0 Å². The Kier molecular flexibility index (Phi) is 5.31. The van der Waals surface area contributed by atoms with Crippen LogP contribution in [-0.4, -0.2) is 46.1 Å². The van der Waals surface area contributed by atoms with Crippen LogP contribution in [0.25, 0.3) is 0 Å². The van der Waals surface area contributed by atoms with E-state index in [1.165, 1.54) is 0 Å². The summed E-state index contributed by atoms with van der Waals surface area (Å²) >= 11 is 0. The number of aromatic nitrogens is 3. The van der Waals surface area contributed by atoms with Gasteiger partial charge in [-0.1, -0.05) is 5.16 Å². The number of carbonyl (C=O) groups excluding carboxylic acids is 1. The van der Waals surface area contributed by atoms with E-state index in [0.717, 1.165) is 60.9 Å². The van der Waals surface area contributed by atoms with Gasteiger partial charge in [0.1, 0.15) is 11.6 Å². The highest BCUT2D eigenvalue weighted by Gasteiger charge is 2.26. The molecule has 2 aromatic rings. The topological polar surface area (TPSA) is 84.2 Å². The van der Waals surface area contributed by atoms with Crippen molar-refractivity contribution in [3.05, 3.63) is 35.1 Å². The fraction of sp³-hybridized carbons (Fsp3) is 0.556. The summed E-state index contributed by atoms with van der Waals surface area (Å²) < 4.78 is 5.17. The van der Waals surface area contributed by atoms with Gasteiger partial charge < -0.3 is 14.7 Å². The van der Waals surface area contributed by atoms with Crippen molar-refractivity contribution in [1.82, 2.24) is 20.0 Å². The van der Waals surface area contributed by atoms with Gasteiger partial charge in [-0.25, -0.2) is 4.98 Å². The molecule has 1 atom stereocenters. The van der Waals surface area contributed by atoms with Crippen LogP contribution in [0.4, 0.5) is 5.82 Å². The highest BCUT2D eigenvalue weighted by atomic mass is 16.5. The largest absolute Gasteiger partial charge is 0.372 e. The van der Waals surface area contributed by atoms with E-state index in [1.54, 1.807) is 12.4 Å². The summed E-state index contributed by atoms with van der Waals surface area (Å²) in [6.45, 7) is 5.32. The number of piperidine rings is 1. The number of hydrogen-bond donors (Lipinski definition) is 1. The van der Waals surface area contributed by atoms with Crippen LogP contribution in [0, 0.1) is 19.8 Å². The minimum atomic E-state index is 0.145. The quantitative estimate of drug-likeness (QED) is 0.895. The SMILES string of the molecule is CNc1nccnc1CC1CCCN(C(=O)Cc2c(C)noc2C)C1. The molecule has 3 heterocycles. The Bertz CT molecular complexity index is 723. The Morgan fingerprint density at radius 1 is 1.36 bits per heavy atom. The van der Waals surface area contributed by atoms with Gasteiger partial charge in [0.05, 0.1) is 17.8 Å². The molecule has 1 N–H and O–H groups in total. The van der Waals surface area contributed by atoms with Crippen molar-refractivity contribution in [3.63, 3.8) is 0 Å². The molecule has 1 aliphatic heterocycles. The average Bonchev–Trinajstić information content (AvgIpc) is 2.94. The summed E-state index contributed by atoms with van der Waals surface area (Å²) in [6.07, 6.45) is 6.73. The zero-order chi connectivity index (χ0) is 17.8. The van der Waals surface area contributed by atoms with Gasteiger partial charge in [-0.15, -0.1) is 0 Å². The molecule has 0 saturated carbocycles. The Morgan fingerprint density at radius 3 is 2.88 bits per heavy atom. The number of aryl methyl sites for hydroxylation is 2. The number of amides is 1. The summed E-state index contributed by atoms with van der Waals surface area (Å²) in [5.41, 5.74) is 2.69. The first-order valence-electron chi connectivity index (χ1n) is 8.75. The number of hydrogen-bond acceptors (Lipinski definition) is 6. The molecule has 0 aromatic carbocycles. The first-order valence-corrected chi connectivity index (χ1v) is 8.75. The molecule has 0 bridgehead atoms. The second kappa shape index (κ2) is 7.63. The number of carbonyl (C=O) groups is 1. The predicted molar refractivity (Wildman–Crippen MR) is 94.3 cm³/mol. The molecule has 1 fully saturated rings. The zero-order valence-corrected chi connectivity index (χ0v) is 15.1. The fourth-order valence-electron chi connectivity index (χ4n) is 3.47. The lowest BCUT2D eigenvalue weighted by molar-refractivity contribution is -0.132. The molecule has 1 unspecified atom stereocenters. The average molecular weight is 343 g/mol. The number of nitrogens with zero attached hydrogens (tertiary/aromatic N) is 4. The van der Waals surface area contributed by atoms with Crippen molar-refractivity contribution in [2.24, 2.45) is 5.92 Å². The molecule has 134 valence electrons. The summed E-state index contributed by atoms with van der Waals surface area (Å²) in [5.74, 6) is 2.11. The summed E-state index contributed by atoms with van der Waals surface area (Å²) in [5, 5.41) is 7.03. The van der Waals surface area contributed by atoms with Gasteiger partial charge in [0.2, 0.25) is 5.91 Å². The highest BCUT2D eigenvalue weighted by molar-refractivity contribution is 5.79. The lowest BCUT2D eigenvalue weighted by atomic mass is 9.92. The molecule has 0 aliphatic carbocycles. The molecule has 1 saturated heterocycles. The molecular weight excluding hydrogens is 318 g/mol. The first-order chi connectivity index (χ1) is 12.1. The van der Waals surface area contributed by atoms with Crippen molar-refractivity contribution in [2.75, 3.05) is 25.5 Å². The van der Waals surface area contributed by atoms with E-state index in [2.05, 4.69) is 20.4 Å². The Balaban J connectivity index is 1.63. The van der Waals surface area contributed by atoms with Gasteiger partial charge >= 0.3 is 0 Å². The second-order valence-electron chi connectivity index (χ2n) is 6.63. The number of anilines is 1. The van der Waals surface area contributed by atoms with Gasteiger partial charge in [-0.3, -0.25) is 9.78 Å². The van der Waals surface area contributed by atoms with Crippen LogP contribution < -0.4 is 5.32 Å². The standard InChI is InChI=1S/C18H25N5O2/c1-12-15(13(2)25-22-12)10-17(24)23-8-4-5-14(11-23)9-16-18(19-3)21-7-6-20-16/h6-7,14H,4-5,8-11H2,1-3H3,(H,19,21). The number of rotatable bonds is 5. The van der Waals surface area contributed by atoms with E-state index in [-0.39, 0.29) is 5.91 Å². The first kappa shape index (κ1) is 17.4. The molecule has 1 amide bonds. The maximum Gasteiger partial charge on any atom is 0.227 e. The minimum Gasteiger partial charge on any atom is -0.372 e. The summed E-state index contributed by atoms with van der Waals surface area (Å²) in [4.78, 5) is 23.4. The van der Waals surface area contributed by atoms with E-state index in [1.807, 2.05) is 25.8 Å².